The van der Waals surface area contributed by atoms with Crippen LogP contribution in [0.25, 0.3) is 0 Å². The lowest BCUT2D eigenvalue weighted by Gasteiger charge is -2.34. The van der Waals surface area contributed by atoms with E-state index in [0.717, 1.165) is 10.4 Å². The Balaban J connectivity index is 2.36. The van der Waals surface area contributed by atoms with Gasteiger partial charge in [0.2, 0.25) is 15.9 Å². The normalized spacial score (nSPS) is 20.2. The van der Waals surface area contributed by atoms with Crippen molar-refractivity contribution < 1.29 is 17.6 Å². The van der Waals surface area contributed by atoms with Crippen LogP contribution in [0.1, 0.15) is 6.92 Å². The summed E-state index contributed by atoms with van der Waals surface area (Å²) in [6.07, 6.45) is 0. The number of nitrogens with zero attached hydrogens (tertiary/aromatic N) is 1. The quantitative estimate of drug-likeness (QED) is 0.815. The average Bonchev–Trinajstić information content (AvgIpc) is 2.48. The topological polar surface area (TPSA) is 78.5 Å². The Labute approximate surface area is 123 Å². The number of hydrogen-bond donors (Lipinski definition) is 2. The van der Waals surface area contributed by atoms with E-state index in [1.165, 1.54) is 18.2 Å². The summed E-state index contributed by atoms with van der Waals surface area (Å²) in [5.41, 5.74) is 0. The van der Waals surface area contributed by atoms with E-state index in [-0.39, 0.29) is 19.0 Å². The molecule has 6 nitrogen and oxygen atoms in total. The van der Waals surface area contributed by atoms with E-state index in [0.29, 0.717) is 13.1 Å². The van der Waals surface area contributed by atoms with Crippen LogP contribution in [0.5, 0.6) is 0 Å². The molecule has 21 heavy (non-hydrogen) atoms. The third kappa shape index (κ3) is 3.22. The highest BCUT2D eigenvalue weighted by Gasteiger charge is 2.38. The summed E-state index contributed by atoms with van der Waals surface area (Å²) < 4.78 is 40.1. The van der Waals surface area contributed by atoms with E-state index >= 15 is 0 Å². The molecule has 0 bridgehead atoms. The highest BCUT2D eigenvalue weighted by molar-refractivity contribution is 7.89. The predicted molar refractivity (Wildman–Crippen MR) is 75.6 cm³/mol. The molecular formula is C13H18FN3O3S. The number of sulfonamides is 1. The van der Waals surface area contributed by atoms with Gasteiger partial charge in [-0.15, -0.1) is 0 Å². The van der Waals surface area contributed by atoms with E-state index in [1.807, 2.05) is 0 Å². The number of piperazine rings is 1. The van der Waals surface area contributed by atoms with Crippen molar-refractivity contribution in [1.29, 1.82) is 0 Å². The molecule has 0 spiro atoms. The average molecular weight is 315 g/mol. The first-order valence-corrected chi connectivity index (χ1v) is 8.17. The monoisotopic (exact) mass is 315 g/mol. The third-order valence-corrected chi connectivity index (χ3v) is 5.21. The minimum absolute atomic E-state index is 0.123. The van der Waals surface area contributed by atoms with Gasteiger partial charge in [0.25, 0.3) is 0 Å². The van der Waals surface area contributed by atoms with Crippen molar-refractivity contribution in [3.63, 3.8) is 0 Å². The van der Waals surface area contributed by atoms with Gasteiger partial charge in [0.05, 0.1) is 0 Å². The van der Waals surface area contributed by atoms with Gasteiger partial charge >= 0.3 is 0 Å². The molecule has 1 fully saturated rings. The molecule has 0 radical (unpaired) electrons. The van der Waals surface area contributed by atoms with Crippen LogP contribution in [0, 0.1) is 5.82 Å². The summed E-state index contributed by atoms with van der Waals surface area (Å²) in [6, 6.07) is 4.31. The lowest BCUT2D eigenvalue weighted by atomic mass is 10.2. The molecule has 1 aromatic carbocycles. The fourth-order valence-corrected chi connectivity index (χ4v) is 3.92. The van der Waals surface area contributed by atoms with E-state index < -0.39 is 26.8 Å². The van der Waals surface area contributed by atoms with Crippen LogP contribution in [-0.2, 0) is 14.8 Å². The zero-order chi connectivity index (χ0) is 15.5. The minimum Gasteiger partial charge on any atom is -0.355 e. The fraction of sp³-hybridized carbons (Fsp3) is 0.462. The second kappa shape index (κ2) is 6.50. The van der Waals surface area contributed by atoms with Crippen LogP contribution in [0.3, 0.4) is 0 Å². The zero-order valence-electron chi connectivity index (χ0n) is 11.7. The molecule has 1 aromatic rings. The number of carbonyl (C=O) groups is 1. The molecule has 1 aliphatic heterocycles. The first-order chi connectivity index (χ1) is 9.98. The first-order valence-electron chi connectivity index (χ1n) is 6.73. The first kappa shape index (κ1) is 15.9. The predicted octanol–water partition coefficient (Wildman–Crippen LogP) is -0.0757. The van der Waals surface area contributed by atoms with Crippen LogP contribution < -0.4 is 10.6 Å². The molecule has 1 amide bonds. The van der Waals surface area contributed by atoms with Crippen LogP contribution in [0.4, 0.5) is 4.39 Å². The Morgan fingerprint density at radius 3 is 2.86 bits per heavy atom. The number of nitrogens with one attached hydrogen (secondary N) is 2. The smallest absolute Gasteiger partial charge is 0.246 e. The van der Waals surface area contributed by atoms with E-state index in [9.17, 15) is 17.6 Å². The largest absolute Gasteiger partial charge is 0.355 e. The van der Waals surface area contributed by atoms with Crippen molar-refractivity contribution >= 4 is 15.9 Å². The van der Waals surface area contributed by atoms with Gasteiger partial charge in [-0.1, -0.05) is 12.1 Å². The molecule has 1 saturated heterocycles. The SMILES string of the molecule is CCNC(=O)C1CNCCN1S(=O)(=O)c1ccccc1F. The number of hydrogen-bond acceptors (Lipinski definition) is 4. The molecule has 1 unspecified atom stereocenters. The fourth-order valence-electron chi connectivity index (χ4n) is 2.27. The van der Waals surface area contributed by atoms with Crippen LogP contribution in [0.15, 0.2) is 29.2 Å². The summed E-state index contributed by atoms with van der Waals surface area (Å²) >= 11 is 0. The molecular weight excluding hydrogens is 297 g/mol. The Hall–Kier alpha value is -1.51. The minimum atomic E-state index is -4.05. The van der Waals surface area contributed by atoms with Gasteiger partial charge in [-0.3, -0.25) is 4.79 Å². The van der Waals surface area contributed by atoms with Crippen molar-refractivity contribution in [1.82, 2.24) is 14.9 Å². The Kier molecular flexibility index (Phi) is 4.92. The van der Waals surface area contributed by atoms with Crippen LogP contribution in [0.2, 0.25) is 0 Å². The molecule has 2 N–H and O–H groups in total. The van der Waals surface area contributed by atoms with Crippen molar-refractivity contribution in [3.8, 4) is 0 Å². The van der Waals surface area contributed by atoms with Crippen LogP contribution >= 0.6 is 0 Å². The number of halogens is 1. The third-order valence-electron chi connectivity index (χ3n) is 3.27. The number of amides is 1. The highest BCUT2D eigenvalue weighted by Crippen LogP contribution is 2.22. The van der Waals surface area contributed by atoms with E-state index in [2.05, 4.69) is 10.6 Å². The summed E-state index contributed by atoms with van der Waals surface area (Å²) in [5, 5.41) is 5.59. The maximum Gasteiger partial charge on any atom is 0.246 e. The number of likely N-dealkylation sites (N-methyl/N-ethyl adjacent to an activating group) is 1. The van der Waals surface area contributed by atoms with Crippen molar-refractivity contribution in [3.05, 3.63) is 30.1 Å². The van der Waals surface area contributed by atoms with Gasteiger partial charge in [0.1, 0.15) is 16.8 Å². The molecule has 8 heteroatoms. The molecule has 1 heterocycles. The maximum absolute atomic E-state index is 13.8. The van der Waals surface area contributed by atoms with Crippen molar-refractivity contribution in [2.45, 2.75) is 17.9 Å². The van der Waals surface area contributed by atoms with Gasteiger partial charge in [0.15, 0.2) is 0 Å². The van der Waals surface area contributed by atoms with Gasteiger partial charge in [0, 0.05) is 26.2 Å². The molecule has 1 atom stereocenters. The molecule has 116 valence electrons. The summed E-state index contributed by atoms with van der Waals surface area (Å²) in [7, 11) is -4.05. The molecule has 1 aliphatic rings. The van der Waals surface area contributed by atoms with E-state index in [1.54, 1.807) is 6.92 Å². The Bertz CT molecular complexity index is 621. The van der Waals surface area contributed by atoms with Crippen molar-refractivity contribution in [2.75, 3.05) is 26.2 Å². The Morgan fingerprint density at radius 2 is 2.19 bits per heavy atom. The summed E-state index contributed by atoms with van der Waals surface area (Å²) in [6.45, 7) is 2.91. The summed E-state index contributed by atoms with van der Waals surface area (Å²) in [5.74, 6) is -1.20. The summed E-state index contributed by atoms with van der Waals surface area (Å²) in [4.78, 5) is 11.6. The number of rotatable bonds is 4. The highest BCUT2D eigenvalue weighted by atomic mass is 32.2. The van der Waals surface area contributed by atoms with Gasteiger partial charge < -0.3 is 10.6 Å². The van der Waals surface area contributed by atoms with Gasteiger partial charge in [-0.05, 0) is 19.1 Å². The van der Waals surface area contributed by atoms with E-state index in [4.69, 9.17) is 0 Å². The number of benzene rings is 1. The second-order valence-electron chi connectivity index (χ2n) is 4.66. The van der Waals surface area contributed by atoms with Gasteiger partial charge in [-0.25, -0.2) is 12.8 Å². The number of carbonyl (C=O) groups excluding carboxylic acids is 1. The molecule has 2 rings (SSSR count). The maximum atomic E-state index is 13.8. The second-order valence-corrected chi connectivity index (χ2v) is 6.52. The van der Waals surface area contributed by atoms with Crippen molar-refractivity contribution in [2.24, 2.45) is 0 Å². The van der Waals surface area contributed by atoms with Gasteiger partial charge in [-0.2, -0.15) is 4.31 Å². The molecule has 0 aromatic heterocycles. The molecule has 0 saturated carbocycles. The molecule has 0 aliphatic carbocycles. The Morgan fingerprint density at radius 1 is 1.48 bits per heavy atom. The van der Waals surface area contributed by atoms with Crippen LogP contribution in [-0.4, -0.2) is 50.9 Å². The zero-order valence-corrected chi connectivity index (χ0v) is 12.5. The standard InChI is InChI=1S/C13H18FN3O3S/c1-2-16-13(18)11-9-15-7-8-17(11)21(19,20)12-6-4-3-5-10(12)14/h3-6,11,15H,2,7-9H2,1H3,(H,16,18). The lowest BCUT2D eigenvalue weighted by molar-refractivity contribution is -0.125. The lowest BCUT2D eigenvalue weighted by Crippen LogP contribution is -2.59.